The first-order valence-electron chi connectivity index (χ1n) is 5.34. The maximum Gasteiger partial charge on any atom is 0.103 e. The zero-order chi connectivity index (χ0) is 11.4. The van der Waals surface area contributed by atoms with Crippen LogP contribution in [0.1, 0.15) is 18.4 Å². The minimum absolute atomic E-state index is 0.412. The van der Waals surface area contributed by atoms with Gasteiger partial charge in [-0.3, -0.25) is 0 Å². The molecule has 3 nitrogen and oxygen atoms in total. The average molecular weight is 281 g/mol. The quantitative estimate of drug-likeness (QED) is 0.906. The maximum atomic E-state index is 9.08. The topological polar surface area (TPSA) is 45.0 Å². The summed E-state index contributed by atoms with van der Waals surface area (Å²) in [6.07, 6.45) is 1.99. The fourth-order valence-corrected chi connectivity index (χ4v) is 2.27. The molecule has 1 aromatic rings. The van der Waals surface area contributed by atoms with Crippen LogP contribution in [0.15, 0.2) is 22.7 Å². The molecular weight excluding hydrogens is 268 g/mol. The van der Waals surface area contributed by atoms with E-state index in [-0.39, 0.29) is 0 Å². The Morgan fingerprint density at radius 2 is 2.12 bits per heavy atom. The summed E-state index contributed by atoms with van der Waals surface area (Å²) in [5.74, 6) is 0. The highest BCUT2D eigenvalue weighted by molar-refractivity contribution is 9.10. The van der Waals surface area contributed by atoms with Crippen LogP contribution in [0.25, 0.3) is 0 Å². The lowest BCUT2D eigenvalue weighted by Crippen LogP contribution is -2.28. The summed E-state index contributed by atoms with van der Waals surface area (Å²) in [5, 5.41) is 12.5. The van der Waals surface area contributed by atoms with Gasteiger partial charge < -0.3 is 10.1 Å². The Labute approximate surface area is 104 Å². The Kier molecular flexibility index (Phi) is 3.81. The molecule has 0 bridgehead atoms. The molecule has 1 aliphatic rings. The predicted molar refractivity (Wildman–Crippen MR) is 66.3 cm³/mol. The van der Waals surface area contributed by atoms with Gasteiger partial charge in [-0.15, -0.1) is 0 Å². The van der Waals surface area contributed by atoms with E-state index in [0.29, 0.717) is 11.6 Å². The van der Waals surface area contributed by atoms with E-state index in [4.69, 9.17) is 10.00 Å². The lowest BCUT2D eigenvalue weighted by atomic mass is 10.1. The van der Waals surface area contributed by atoms with Gasteiger partial charge in [-0.2, -0.15) is 5.26 Å². The van der Waals surface area contributed by atoms with Crippen molar-refractivity contribution in [2.45, 2.75) is 18.9 Å². The smallest absolute Gasteiger partial charge is 0.103 e. The van der Waals surface area contributed by atoms with Crippen molar-refractivity contribution in [2.75, 3.05) is 18.5 Å². The first-order valence-corrected chi connectivity index (χ1v) is 6.13. The van der Waals surface area contributed by atoms with E-state index in [1.807, 2.05) is 18.2 Å². The fraction of sp³-hybridized carbons (Fsp3) is 0.417. The largest absolute Gasteiger partial charge is 0.381 e. The second-order valence-electron chi connectivity index (χ2n) is 3.81. The average Bonchev–Trinajstić information content (AvgIpc) is 2.31. The zero-order valence-corrected chi connectivity index (χ0v) is 10.5. The minimum Gasteiger partial charge on any atom is -0.381 e. The van der Waals surface area contributed by atoms with Gasteiger partial charge in [-0.05, 0) is 40.9 Å². The number of benzene rings is 1. The van der Waals surface area contributed by atoms with Crippen molar-refractivity contribution in [1.29, 1.82) is 5.26 Å². The summed E-state index contributed by atoms with van der Waals surface area (Å²) in [7, 11) is 0. The molecule has 0 aliphatic carbocycles. The third-order valence-corrected chi connectivity index (χ3v) is 3.37. The molecule has 4 heteroatoms. The summed E-state index contributed by atoms with van der Waals surface area (Å²) in [4.78, 5) is 0. The van der Waals surface area contributed by atoms with Crippen molar-refractivity contribution in [3.63, 3.8) is 0 Å². The Morgan fingerprint density at radius 1 is 1.38 bits per heavy atom. The van der Waals surface area contributed by atoms with Gasteiger partial charge in [-0.1, -0.05) is 6.07 Å². The molecule has 1 aliphatic heterocycles. The monoisotopic (exact) mass is 280 g/mol. The second-order valence-corrected chi connectivity index (χ2v) is 4.66. The van der Waals surface area contributed by atoms with Crippen LogP contribution in [0, 0.1) is 11.3 Å². The van der Waals surface area contributed by atoms with Crippen molar-refractivity contribution in [3.05, 3.63) is 28.2 Å². The number of nitrogens with one attached hydrogen (secondary N) is 1. The van der Waals surface area contributed by atoms with Crippen LogP contribution in [0.4, 0.5) is 5.69 Å². The van der Waals surface area contributed by atoms with Crippen molar-refractivity contribution in [1.82, 2.24) is 0 Å². The third-order valence-electron chi connectivity index (χ3n) is 2.71. The molecule has 2 rings (SSSR count). The lowest BCUT2D eigenvalue weighted by Gasteiger charge is -2.24. The van der Waals surface area contributed by atoms with Gasteiger partial charge in [0.1, 0.15) is 6.07 Å². The summed E-state index contributed by atoms with van der Waals surface area (Å²) in [5.41, 5.74) is 1.58. The van der Waals surface area contributed by atoms with E-state index in [1.165, 1.54) is 0 Å². The van der Waals surface area contributed by atoms with Crippen LogP contribution in [0.2, 0.25) is 0 Å². The van der Waals surface area contributed by atoms with Crippen molar-refractivity contribution >= 4 is 21.6 Å². The molecule has 84 valence electrons. The van der Waals surface area contributed by atoms with E-state index in [9.17, 15) is 0 Å². The standard InChI is InChI=1S/C12H13BrN2O/c13-11-2-1-3-12(10(11)8-14)15-9-4-6-16-7-5-9/h1-3,9,15H,4-7H2. The number of nitrogens with zero attached hydrogens (tertiary/aromatic N) is 1. The van der Waals surface area contributed by atoms with Crippen LogP contribution < -0.4 is 5.32 Å². The highest BCUT2D eigenvalue weighted by Crippen LogP contribution is 2.25. The maximum absolute atomic E-state index is 9.08. The number of halogens is 1. The molecule has 0 amide bonds. The minimum atomic E-state index is 0.412. The SMILES string of the molecule is N#Cc1c(Br)cccc1NC1CCOCC1. The zero-order valence-electron chi connectivity index (χ0n) is 8.87. The molecule has 16 heavy (non-hydrogen) atoms. The van der Waals surface area contributed by atoms with E-state index in [2.05, 4.69) is 27.3 Å². The number of rotatable bonds is 2. The molecule has 0 spiro atoms. The first-order chi connectivity index (χ1) is 7.81. The van der Waals surface area contributed by atoms with Crippen LogP contribution in [0.3, 0.4) is 0 Å². The van der Waals surface area contributed by atoms with Crippen molar-refractivity contribution in [3.8, 4) is 6.07 Å². The van der Waals surface area contributed by atoms with E-state index in [0.717, 1.165) is 36.2 Å². The van der Waals surface area contributed by atoms with Gasteiger partial charge in [0.15, 0.2) is 0 Å². The summed E-state index contributed by atoms with van der Waals surface area (Å²) in [6.45, 7) is 1.60. The summed E-state index contributed by atoms with van der Waals surface area (Å²) >= 11 is 3.38. The van der Waals surface area contributed by atoms with Gasteiger partial charge in [0, 0.05) is 23.7 Å². The fourth-order valence-electron chi connectivity index (χ4n) is 1.82. The highest BCUT2D eigenvalue weighted by atomic mass is 79.9. The predicted octanol–water partition coefficient (Wildman–Crippen LogP) is 2.91. The molecule has 1 heterocycles. The van der Waals surface area contributed by atoms with Crippen LogP contribution >= 0.6 is 15.9 Å². The number of ether oxygens (including phenoxy) is 1. The second kappa shape index (κ2) is 5.33. The molecule has 0 aromatic heterocycles. The molecule has 1 N–H and O–H groups in total. The van der Waals surface area contributed by atoms with Crippen LogP contribution in [-0.2, 0) is 4.74 Å². The van der Waals surface area contributed by atoms with Gasteiger partial charge in [0.2, 0.25) is 0 Å². The lowest BCUT2D eigenvalue weighted by molar-refractivity contribution is 0.0904. The third kappa shape index (κ3) is 2.55. The molecule has 0 saturated carbocycles. The molecule has 1 saturated heterocycles. The molecular formula is C12H13BrN2O. The van der Waals surface area contributed by atoms with E-state index in [1.54, 1.807) is 0 Å². The highest BCUT2D eigenvalue weighted by Gasteiger charge is 2.15. The molecule has 0 unspecified atom stereocenters. The molecule has 1 aromatic carbocycles. The van der Waals surface area contributed by atoms with E-state index < -0.39 is 0 Å². The van der Waals surface area contributed by atoms with Gasteiger partial charge >= 0.3 is 0 Å². The van der Waals surface area contributed by atoms with Gasteiger partial charge in [0.05, 0.1) is 11.3 Å². The van der Waals surface area contributed by atoms with Crippen LogP contribution in [-0.4, -0.2) is 19.3 Å². The number of hydrogen-bond acceptors (Lipinski definition) is 3. The normalized spacial score (nSPS) is 16.8. The van der Waals surface area contributed by atoms with Crippen LogP contribution in [0.5, 0.6) is 0 Å². The first kappa shape index (κ1) is 11.4. The molecule has 0 radical (unpaired) electrons. The molecule has 1 fully saturated rings. The Hall–Kier alpha value is -1.05. The Morgan fingerprint density at radius 3 is 2.81 bits per heavy atom. The number of hydrogen-bond donors (Lipinski definition) is 1. The molecule has 0 atom stereocenters. The number of nitriles is 1. The van der Waals surface area contributed by atoms with Gasteiger partial charge in [-0.25, -0.2) is 0 Å². The Bertz CT molecular complexity index is 408. The summed E-state index contributed by atoms with van der Waals surface area (Å²) < 4.78 is 6.14. The van der Waals surface area contributed by atoms with E-state index >= 15 is 0 Å². The van der Waals surface area contributed by atoms with Crippen molar-refractivity contribution in [2.24, 2.45) is 0 Å². The number of anilines is 1. The van der Waals surface area contributed by atoms with Gasteiger partial charge in [0.25, 0.3) is 0 Å². The Balaban J connectivity index is 2.14. The van der Waals surface area contributed by atoms with Crippen molar-refractivity contribution < 1.29 is 4.74 Å². The summed E-state index contributed by atoms with van der Waals surface area (Å²) in [6, 6.07) is 8.39.